The van der Waals surface area contributed by atoms with E-state index in [0.29, 0.717) is 48.1 Å². The van der Waals surface area contributed by atoms with Crippen molar-refractivity contribution in [1.82, 2.24) is 0 Å². The predicted octanol–water partition coefficient (Wildman–Crippen LogP) is 7.80. The summed E-state index contributed by atoms with van der Waals surface area (Å²) in [5.41, 5.74) is 4.07. The van der Waals surface area contributed by atoms with Gasteiger partial charge in [0.25, 0.3) is 0 Å². The summed E-state index contributed by atoms with van der Waals surface area (Å²) in [6.07, 6.45) is 7.40. The highest BCUT2D eigenvalue weighted by molar-refractivity contribution is 6.15. The molecule has 6 aliphatic carbocycles. The SMILES string of the molecule is CC[C@H]1OC(=O)c2coc3c2[C@@]1(C)C1=C(C3=O)[C@@H]2CCC(=O)[C@@]2(C)C[C@H]1C.CC[C@H]1OC(=O)c2coc3c2[C@@]1(C)C1=C(C3=O)[C@@H]2CC[C@H](O)[C@@]2(C)C[C@H]1C. The van der Waals surface area contributed by atoms with E-state index in [1.54, 1.807) is 0 Å². The van der Waals surface area contributed by atoms with Crippen LogP contribution in [-0.4, -0.2) is 52.7 Å². The van der Waals surface area contributed by atoms with Gasteiger partial charge in [-0.15, -0.1) is 0 Å². The molecule has 0 bridgehead atoms. The lowest BCUT2D eigenvalue weighted by Gasteiger charge is -2.53. The van der Waals surface area contributed by atoms with Crippen molar-refractivity contribution in [3.8, 4) is 0 Å². The quantitative estimate of drug-likeness (QED) is 0.302. The number of fused-ring (bicyclic) bond motifs is 6. The molecule has 8 aliphatic rings. The Morgan fingerprint density at radius 3 is 1.67 bits per heavy atom. The van der Waals surface area contributed by atoms with Gasteiger partial charge in [0.2, 0.25) is 11.6 Å². The van der Waals surface area contributed by atoms with Crippen molar-refractivity contribution in [2.24, 2.45) is 34.5 Å². The lowest BCUT2D eigenvalue weighted by atomic mass is 9.52. The number of ketones is 3. The Balaban J connectivity index is 0.000000142. The van der Waals surface area contributed by atoms with Crippen LogP contribution in [0.15, 0.2) is 43.7 Å². The van der Waals surface area contributed by atoms with E-state index in [9.17, 15) is 29.1 Å². The zero-order valence-electron chi connectivity index (χ0n) is 32.5. The van der Waals surface area contributed by atoms with E-state index < -0.39 is 28.2 Å². The second-order valence-electron chi connectivity index (χ2n) is 18.3. The van der Waals surface area contributed by atoms with Crippen LogP contribution in [0.3, 0.4) is 0 Å². The summed E-state index contributed by atoms with van der Waals surface area (Å²) in [6, 6.07) is 0. The van der Waals surface area contributed by atoms with Crippen LogP contribution in [0.1, 0.15) is 160 Å². The number of Topliss-reactive ketones (excluding diaryl/α,β-unsaturated/α-hetero) is 3. The molecular weight excluding hydrogens is 688 g/mol. The molecular formula is C44H50O10. The maximum Gasteiger partial charge on any atom is 0.342 e. The molecule has 286 valence electrons. The molecule has 10 heteroatoms. The van der Waals surface area contributed by atoms with E-state index in [0.717, 1.165) is 53.5 Å². The first-order valence-corrected chi connectivity index (χ1v) is 20.0. The van der Waals surface area contributed by atoms with Crippen LogP contribution in [0.2, 0.25) is 0 Å². The van der Waals surface area contributed by atoms with Crippen molar-refractivity contribution >= 4 is 29.3 Å². The normalized spacial score (nSPS) is 41.2. The minimum atomic E-state index is -0.573. The number of furan rings is 2. The number of aliphatic hydroxyl groups excluding tert-OH is 1. The van der Waals surface area contributed by atoms with Gasteiger partial charge in [-0.3, -0.25) is 14.4 Å². The van der Waals surface area contributed by atoms with Gasteiger partial charge in [-0.25, -0.2) is 9.59 Å². The van der Waals surface area contributed by atoms with Crippen LogP contribution in [0.5, 0.6) is 0 Å². The molecule has 0 radical (unpaired) electrons. The molecule has 2 fully saturated rings. The lowest BCUT2D eigenvalue weighted by Crippen LogP contribution is -2.54. The molecule has 54 heavy (non-hydrogen) atoms. The standard InChI is InChI=1S/C22H26O5.C22H24O5/c2*1-5-14-22(4)16-10(2)8-21(3)12(6-7-13(21)23)15(16)18(24)19-17(22)11(9-26-19)20(25)27-14/h9-10,12-14,23H,5-8H2,1-4H3;9-10,12,14H,5-8H2,1-4H3/t10-,12+,13+,14-,21+,22-;10-,12+,14-,21+,22-/m11/s1. The molecule has 10 rings (SSSR count). The summed E-state index contributed by atoms with van der Waals surface area (Å²) < 4.78 is 22.9. The zero-order valence-corrected chi connectivity index (χ0v) is 32.5. The fraction of sp³-hybridized carbons (Fsp3) is 0.614. The Kier molecular flexibility index (Phi) is 7.44. The summed E-state index contributed by atoms with van der Waals surface area (Å²) in [7, 11) is 0. The van der Waals surface area contributed by atoms with E-state index in [-0.39, 0.29) is 70.5 Å². The molecule has 4 heterocycles. The molecule has 1 N–H and O–H groups in total. The van der Waals surface area contributed by atoms with Crippen molar-refractivity contribution in [2.75, 3.05) is 0 Å². The van der Waals surface area contributed by atoms with Gasteiger partial charge < -0.3 is 23.4 Å². The van der Waals surface area contributed by atoms with Crippen molar-refractivity contribution < 1.29 is 47.4 Å². The van der Waals surface area contributed by atoms with E-state index in [1.165, 1.54) is 12.5 Å². The number of esters is 2. The summed E-state index contributed by atoms with van der Waals surface area (Å²) in [5.74, 6) is -0.0404. The fourth-order valence-corrected chi connectivity index (χ4v) is 13.5. The van der Waals surface area contributed by atoms with Crippen molar-refractivity contribution in [2.45, 2.75) is 136 Å². The first-order chi connectivity index (χ1) is 25.5. The van der Waals surface area contributed by atoms with Crippen LogP contribution in [0.4, 0.5) is 0 Å². The maximum atomic E-state index is 13.5. The molecule has 2 aromatic rings. The number of allylic oxidation sites excluding steroid dienone is 2. The van der Waals surface area contributed by atoms with Crippen molar-refractivity contribution in [3.63, 3.8) is 0 Å². The molecule has 2 saturated carbocycles. The number of hydrogen-bond acceptors (Lipinski definition) is 10. The third-order valence-electron chi connectivity index (χ3n) is 15.7. The van der Waals surface area contributed by atoms with E-state index in [1.807, 2.05) is 20.8 Å². The third kappa shape index (κ3) is 4.03. The molecule has 0 spiro atoms. The van der Waals surface area contributed by atoms with Crippen molar-refractivity contribution in [1.29, 1.82) is 0 Å². The average Bonchev–Trinajstić information content (AvgIpc) is 3.91. The van der Waals surface area contributed by atoms with Gasteiger partial charge in [0, 0.05) is 45.4 Å². The van der Waals surface area contributed by atoms with Crippen LogP contribution < -0.4 is 0 Å². The van der Waals surface area contributed by atoms with Gasteiger partial charge in [0.1, 0.15) is 41.6 Å². The summed E-state index contributed by atoms with van der Waals surface area (Å²) in [5, 5.41) is 10.7. The molecule has 0 amide bonds. The number of cyclic esters (lactones) is 2. The fourth-order valence-electron chi connectivity index (χ4n) is 13.5. The van der Waals surface area contributed by atoms with Gasteiger partial charge in [0.05, 0.1) is 16.9 Å². The Morgan fingerprint density at radius 2 is 1.17 bits per heavy atom. The van der Waals surface area contributed by atoms with Gasteiger partial charge >= 0.3 is 11.9 Å². The van der Waals surface area contributed by atoms with E-state index in [2.05, 4.69) is 34.6 Å². The van der Waals surface area contributed by atoms with E-state index >= 15 is 0 Å². The van der Waals surface area contributed by atoms with E-state index in [4.69, 9.17) is 18.3 Å². The Morgan fingerprint density at radius 1 is 0.685 bits per heavy atom. The first-order valence-electron chi connectivity index (χ1n) is 20.0. The molecule has 2 aromatic heterocycles. The molecule has 11 atom stereocenters. The molecule has 10 nitrogen and oxygen atoms in total. The number of rotatable bonds is 2. The van der Waals surface area contributed by atoms with Gasteiger partial charge in [0.15, 0.2) is 11.5 Å². The first kappa shape index (κ1) is 35.6. The smallest absolute Gasteiger partial charge is 0.342 e. The van der Waals surface area contributed by atoms with Crippen LogP contribution in [0, 0.1) is 34.5 Å². The minimum absolute atomic E-state index is 0.0276. The zero-order chi connectivity index (χ0) is 38.6. The highest BCUT2D eigenvalue weighted by Gasteiger charge is 2.64. The Hall–Kier alpha value is -4.05. The second-order valence-corrected chi connectivity index (χ2v) is 18.3. The summed E-state index contributed by atoms with van der Waals surface area (Å²) in [4.78, 5) is 64.7. The Bertz CT molecular complexity index is 2160. The number of carbonyl (C=O) groups excluding carboxylic acids is 5. The monoisotopic (exact) mass is 738 g/mol. The number of aliphatic hydroxyl groups is 1. The average molecular weight is 739 g/mol. The van der Waals surface area contributed by atoms with Crippen molar-refractivity contribution in [3.05, 3.63) is 68.6 Å². The minimum Gasteiger partial charge on any atom is -0.460 e. The van der Waals surface area contributed by atoms with Gasteiger partial charge in [-0.1, -0.05) is 41.5 Å². The molecule has 0 unspecified atom stereocenters. The highest BCUT2D eigenvalue weighted by atomic mass is 16.6. The number of ether oxygens (including phenoxy) is 2. The summed E-state index contributed by atoms with van der Waals surface area (Å²) in [6.45, 7) is 16.6. The highest BCUT2D eigenvalue weighted by Crippen LogP contribution is 2.64. The van der Waals surface area contributed by atoms with Crippen LogP contribution >= 0.6 is 0 Å². The number of hydrogen-bond donors (Lipinski definition) is 1. The van der Waals surface area contributed by atoms with Gasteiger partial charge in [-0.05, 0) is 87.7 Å². The molecule has 0 saturated heterocycles. The Labute approximate surface area is 315 Å². The van der Waals surface area contributed by atoms with Crippen LogP contribution in [0.25, 0.3) is 0 Å². The van der Waals surface area contributed by atoms with Crippen LogP contribution in [-0.2, 0) is 25.1 Å². The second kappa shape index (κ2) is 11.3. The molecule has 0 aromatic carbocycles. The lowest BCUT2D eigenvalue weighted by molar-refractivity contribution is -0.127. The molecule has 2 aliphatic heterocycles. The predicted molar refractivity (Wildman–Crippen MR) is 194 cm³/mol. The largest absolute Gasteiger partial charge is 0.460 e. The van der Waals surface area contributed by atoms with Gasteiger partial charge in [-0.2, -0.15) is 0 Å². The number of carbonyl (C=O) groups is 5. The third-order valence-corrected chi connectivity index (χ3v) is 15.7. The topological polar surface area (TPSA) is 150 Å². The maximum absolute atomic E-state index is 13.5. The summed E-state index contributed by atoms with van der Waals surface area (Å²) >= 11 is 0.